The molecule has 0 aliphatic carbocycles. The Bertz CT molecular complexity index is 596. The lowest BCUT2D eigenvalue weighted by Gasteiger charge is -2.09. The van der Waals surface area contributed by atoms with Crippen LogP contribution < -0.4 is 5.32 Å². The van der Waals surface area contributed by atoms with Gasteiger partial charge in [0, 0.05) is 6.20 Å². The molecular weight excluding hydrogens is 258 g/mol. The van der Waals surface area contributed by atoms with E-state index in [0.29, 0.717) is 0 Å². The van der Waals surface area contributed by atoms with Crippen LogP contribution in [0.2, 0.25) is 5.02 Å². The Morgan fingerprint density at radius 3 is 2.78 bits per heavy atom. The van der Waals surface area contributed by atoms with Crippen LogP contribution >= 0.6 is 11.6 Å². The Balaban J connectivity index is 2.34. The lowest BCUT2D eigenvalue weighted by atomic mass is 10.1. The zero-order valence-corrected chi connectivity index (χ0v) is 9.73. The number of aromatic nitrogens is 2. The van der Waals surface area contributed by atoms with Gasteiger partial charge in [-0.3, -0.25) is 9.89 Å². The van der Waals surface area contributed by atoms with Gasteiger partial charge in [-0.25, -0.2) is 4.79 Å². The van der Waals surface area contributed by atoms with Crippen LogP contribution in [-0.4, -0.2) is 27.2 Å². The highest BCUT2D eigenvalue weighted by atomic mass is 35.5. The molecule has 1 aromatic heterocycles. The van der Waals surface area contributed by atoms with Gasteiger partial charge in [-0.05, 0) is 12.1 Å². The number of hydrogen-bond acceptors (Lipinski definition) is 3. The number of carboxylic acid groups (broad SMARTS) is 1. The number of anilines is 1. The molecule has 3 N–H and O–H groups in total. The van der Waals surface area contributed by atoms with Gasteiger partial charge in [0.15, 0.2) is 0 Å². The Hall–Kier alpha value is -2.34. The number of hydrogen-bond donors (Lipinski definition) is 3. The average Bonchev–Trinajstić information content (AvgIpc) is 2.85. The molecule has 2 aromatic rings. The van der Waals surface area contributed by atoms with Gasteiger partial charge in [0.2, 0.25) is 0 Å². The predicted octanol–water partition coefficient (Wildman–Crippen LogP) is 2.01. The summed E-state index contributed by atoms with van der Waals surface area (Å²) >= 11 is 5.88. The molecule has 18 heavy (non-hydrogen) atoms. The highest BCUT2D eigenvalue weighted by Crippen LogP contribution is 2.26. The molecule has 0 radical (unpaired) electrons. The van der Waals surface area contributed by atoms with Crippen molar-refractivity contribution in [2.75, 3.05) is 5.32 Å². The fourth-order valence-corrected chi connectivity index (χ4v) is 1.61. The number of amides is 1. The lowest BCUT2D eigenvalue weighted by Crippen LogP contribution is -2.14. The number of nitrogens with zero attached hydrogens (tertiary/aromatic N) is 1. The number of halogens is 1. The van der Waals surface area contributed by atoms with Gasteiger partial charge in [-0.1, -0.05) is 17.7 Å². The molecular formula is C11H8ClN3O3. The van der Waals surface area contributed by atoms with Crippen molar-refractivity contribution in [2.24, 2.45) is 0 Å². The molecule has 6 nitrogen and oxygen atoms in total. The molecule has 0 saturated carbocycles. The van der Waals surface area contributed by atoms with Crippen LogP contribution in [0.25, 0.3) is 0 Å². The van der Waals surface area contributed by atoms with Crippen LogP contribution in [0.3, 0.4) is 0 Å². The summed E-state index contributed by atoms with van der Waals surface area (Å²) in [5, 5.41) is 17.7. The van der Waals surface area contributed by atoms with Crippen LogP contribution in [0, 0.1) is 0 Å². The van der Waals surface area contributed by atoms with Crippen molar-refractivity contribution in [2.45, 2.75) is 0 Å². The third kappa shape index (κ3) is 2.33. The van der Waals surface area contributed by atoms with Crippen LogP contribution in [-0.2, 0) is 0 Å². The van der Waals surface area contributed by atoms with Crippen molar-refractivity contribution in [1.82, 2.24) is 10.2 Å². The van der Waals surface area contributed by atoms with Gasteiger partial charge in [-0.2, -0.15) is 5.10 Å². The Kier molecular flexibility index (Phi) is 3.29. The minimum Gasteiger partial charge on any atom is -0.478 e. The highest BCUT2D eigenvalue weighted by Gasteiger charge is 2.16. The summed E-state index contributed by atoms with van der Waals surface area (Å²) in [6.07, 6.45) is 2.72. The van der Waals surface area contributed by atoms with Crippen LogP contribution in [0.4, 0.5) is 5.69 Å². The Morgan fingerprint density at radius 1 is 1.39 bits per heavy atom. The molecule has 1 aromatic carbocycles. The second kappa shape index (κ2) is 4.89. The molecule has 2 rings (SSSR count). The maximum Gasteiger partial charge on any atom is 0.337 e. The molecule has 0 unspecified atom stereocenters. The molecule has 0 spiro atoms. The van der Waals surface area contributed by atoms with Crippen molar-refractivity contribution in [3.63, 3.8) is 0 Å². The lowest BCUT2D eigenvalue weighted by molar-refractivity contribution is 0.0698. The maximum atomic E-state index is 11.8. The molecule has 0 bridgehead atoms. The minimum absolute atomic E-state index is 0.0675. The van der Waals surface area contributed by atoms with Gasteiger partial charge < -0.3 is 10.4 Å². The third-order valence-corrected chi connectivity index (χ3v) is 2.56. The second-order valence-electron chi connectivity index (χ2n) is 3.41. The summed E-state index contributed by atoms with van der Waals surface area (Å²) in [5.41, 5.74) is 0.281. The standard InChI is InChI=1S/C11H8ClN3O3/c12-8-3-1-2-7(11(17)18)9(8)15-10(16)6-4-13-14-5-6/h1-5H,(H,13,14)(H,15,16)(H,17,18). The number of nitrogens with one attached hydrogen (secondary N) is 2. The van der Waals surface area contributed by atoms with Gasteiger partial charge in [0.1, 0.15) is 0 Å². The number of rotatable bonds is 3. The monoisotopic (exact) mass is 265 g/mol. The van der Waals surface area contributed by atoms with Gasteiger partial charge in [-0.15, -0.1) is 0 Å². The minimum atomic E-state index is -1.17. The fourth-order valence-electron chi connectivity index (χ4n) is 1.39. The van der Waals surface area contributed by atoms with E-state index in [4.69, 9.17) is 16.7 Å². The van der Waals surface area contributed by atoms with Crippen LogP contribution in [0.5, 0.6) is 0 Å². The van der Waals surface area contributed by atoms with Crippen molar-refractivity contribution >= 4 is 29.2 Å². The van der Waals surface area contributed by atoms with Crippen molar-refractivity contribution in [1.29, 1.82) is 0 Å². The number of aromatic amines is 1. The van der Waals surface area contributed by atoms with Gasteiger partial charge in [0.05, 0.1) is 28.0 Å². The molecule has 7 heteroatoms. The Labute approximate surface area is 107 Å². The zero-order chi connectivity index (χ0) is 13.1. The quantitative estimate of drug-likeness (QED) is 0.791. The first kappa shape index (κ1) is 12.1. The van der Waals surface area contributed by atoms with Gasteiger partial charge >= 0.3 is 5.97 Å². The SMILES string of the molecule is O=C(Nc1c(Cl)cccc1C(=O)O)c1cn[nH]c1. The number of carbonyl (C=O) groups excluding carboxylic acids is 1. The summed E-state index contributed by atoms with van der Waals surface area (Å²) in [7, 11) is 0. The van der Waals surface area contributed by atoms with E-state index in [2.05, 4.69) is 15.5 Å². The number of para-hydroxylation sites is 1. The van der Waals surface area contributed by atoms with E-state index < -0.39 is 11.9 Å². The summed E-state index contributed by atoms with van der Waals surface area (Å²) < 4.78 is 0. The normalized spacial score (nSPS) is 10.1. The smallest absolute Gasteiger partial charge is 0.337 e. The fraction of sp³-hybridized carbons (Fsp3) is 0. The average molecular weight is 266 g/mol. The van der Waals surface area contributed by atoms with E-state index in [1.165, 1.54) is 30.6 Å². The number of benzene rings is 1. The van der Waals surface area contributed by atoms with Gasteiger partial charge in [0.25, 0.3) is 5.91 Å². The van der Waals surface area contributed by atoms with E-state index in [1.807, 2.05) is 0 Å². The topological polar surface area (TPSA) is 95.1 Å². The molecule has 0 atom stereocenters. The predicted molar refractivity (Wildman–Crippen MR) is 65.0 cm³/mol. The van der Waals surface area contributed by atoms with Crippen LogP contribution in [0.1, 0.15) is 20.7 Å². The summed E-state index contributed by atoms with van der Waals surface area (Å²) in [5.74, 6) is -1.65. The van der Waals surface area contributed by atoms with E-state index in [-0.39, 0.29) is 21.8 Å². The summed E-state index contributed by atoms with van der Waals surface area (Å²) in [4.78, 5) is 22.8. The summed E-state index contributed by atoms with van der Waals surface area (Å²) in [6, 6.07) is 4.36. The van der Waals surface area contributed by atoms with E-state index >= 15 is 0 Å². The molecule has 1 amide bonds. The summed E-state index contributed by atoms with van der Waals surface area (Å²) in [6.45, 7) is 0. The number of carbonyl (C=O) groups is 2. The molecule has 0 saturated heterocycles. The number of carboxylic acids is 1. The number of aromatic carboxylic acids is 1. The third-order valence-electron chi connectivity index (χ3n) is 2.24. The maximum absolute atomic E-state index is 11.8. The Morgan fingerprint density at radius 2 is 2.17 bits per heavy atom. The molecule has 1 heterocycles. The van der Waals surface area contributed by atoms with E-state index in [1.54, 1.807) is 0 Å². The largest absolute Gasteiger partial charge is 0.478 e. The number of H-pyrrole nitrogens is 1. The highest BCUT2D eigenvalue weighted by molar-refractivity contribution is 6.34. The van der Waals surface area contributed by atoms with E-state index in [9.17, 15) is 9.59 Å². The molecule has 0 fully saturated rings. The van der Waals surface area contributed by atoms with E-state index in [0.717, 1.165) is 0 Å². The van der Waals surface area contributed by atoms with Crippen LogP contribution in [0.15, 0.2) is 30.6 Å². The second-order valence-corrected chi connectivity index (χ2v) is 3.82. The van der Waals surface area contributed by atoms with Crippen molar-refractivity contribution in [3.05, 3.63) is 46.7 Å². The molecule has 0 aliphatic rings. The van der Waals surface area contributed by atoms with Crippen molar-refractivity contribution in [3.8, 4) is 0 Å². The molecule has 92 valence electrons. The first-order valence-electron chi connectivity index (χ1n) is 4.91. The first-order chi connectivity index (χ1) is 8.59. The zero-order valence-electron chi connectivity index (χ0n) is 8.98. The first-order valence-corrected chi connectivity index (χ1v) is 5.29. The van der Waals surface area contributed by atoms with Crippen molar-refractivity contribution < 1.29 is 14.7 Å². The molecule has 0 aliphatic heterocycles.